The molecule has 0 aliphatic heterocycles. The molecule has 3 rings (SSSR count). The van der Waals surface area contributed by atoms with E-state index < -0.39 is 15.6 Å². The molecule has 0 amide bonds. The Morgan fingerprint density at radius 2 is 1.85 bits per heavy atom. The lowest BCUT2D eigenvalue weighted by Crippen LogP contribution is -2.14. The lowest BCUT2D eigenvalue weighted by atomic mass is 10.1. The van der Waals surface area contributed by atoms with E-state index in [1.807, 2.05) is 0 Å². The van der Waals surface area contributed by atoms with Crippen molar-refractivity contribution < 1.29 is 17.6 Å². The van der Waals surface area contributed by atoms with Gasteiger partial charge in [-0.2, -0.15) is 0 Å². The molecule has 0 saturated heterocycles. The van der Waals surface area contributed by atoms with Gasteiger partial charge < -0.3 is 9.15 Å². The van der Waals surface area contributed by atoms with E-state index in [1.54, 1.807) is 32.0 Å². The van der Waals surface area contributed by atoms with Gasteiger partial charge in [-0.05, 0) is 54.8 Å². The second-order valence-electron chi connectivity index (χ2n) is 6.21. The van der Waals surface area contributed by atoms with Gasteiger partial charge in [-0.25, -0.2) is 13.2 Å². The van der Waals surface area contributed by atoms with Crippen LogP contribution in [0.1, 0.15) is 16.7 Å². The third-order valence-corrected chi connectivity index (χ3v) is 6.06. The Bertz CT molecular complexity index is 1180. The molecular weight excluding hydrogens is 390 g/mol. The quantitative estimate of drug-likeness (QED) is 0.646. The predicted molar refractivity (Wildman–Crippen MR) is 105 cm³/mol. The maximum atomic E-state index is 12.8. The third kappa shape index (κ3) is 4.00. The van der Waals surface area contributed by atoms with E-state index in [9.17, 15) is 13.2 Å². The number of rotatable bonds is 5. The normalized spacial score (nSPS) is 11.7. The molecule has 3 aromatic rings. The van der Waals surface area contributed by atoms with Gasteiger partial charge in [0.1, 0.15) is 5.58 Å². The summed E-state index contributed by atoms with van der Waals surface area (Å²) in [5.74, 6) is 0. The third-order valence-electron chi connectivity index (χ3n) is 4.13. The molecule has 0 bridgehead atoms. The fraction of sp³-hybridized carbons (Fsp3) is 0.211. The molecule has 1 aromatic heterocycles. The zero-order valence-electron chi connectivity index (χ0n) is 15.0. The van der Waals surface area contributed by atoms with E-state index in [-0.39, 0.29) is 22.8 Å². The fourth-order valence-electron chi connectivity index (χ4n) is 2.82. The van der Waals surface area contributed by atoms with E-state index in [0.29, 0.717) is 27.1 Å². The topological polar surface area (TPSA) is 85.6 Å². The largest absolute Gasteiger partial charge is 0.423 e. The van der Waals surface area contributed by atoms with Crippen molar-refractivity contribution in [1.29, 1.82) is 0 Å². The summed E-state index contributed by atoms with van der Waals surface area (Å²) in [7, 11) is -2.31. The minimum atomic E-state index is -3.84. The van der Waals surface area contributed by atoms with Gasteiger partial charge in [-0.15, -0.1) is 0 Å². The number of hydrogen-bond donors (Lipinski definition) is 1. The van der Waals surface area contributed by atoms with Gasteiger partial charge in [0.15, 0.2) is 0 Å². The summed E-state index contributed by atoms with van der Waals surface area (Å²) in [6.45, 7) is 3.66. The number of fused-ring (bicyclic) bond motifs is 1. The van der Waals surface area contributed by atoms with Gasteiger partial charge in [0.05, 0.1) is 17.2 Å². The SMILES string of the molecule is COCc1cc(=O)oc2cc(NS(=O)(=O)c3cc(C)c(Cl)cc3C)ccc12. The molecule has 0 radical (unpaired) electrons. The van der Waals surface area contributed by atoms with Crippen molar-refractivity contribution in [2.45, 2.75) is 25.3 Å². The number of anilines is 1. The summed E-state index contributed by atoms with van der Waals surface area (Å²) in [5, 5.41) is 1.18. The van der Waals surface area contributed by atoms with Gasteiger partial charge in [0.2, 0.25) is 0 Å². The lowest BCUT2D eigenvalue weighted by molar-refractivity contribution is 0.185. The molecule has 0 saturated carbocycles. The van der Waals surface area contributed by atoms with Crippen molar-refractivity contribution in [2.24, 2.45) is 0 Å². The standard InChI is InChI=1S/C19H18ClNO5S/c1-11-7-18(12(2)6-16(11)20)27(23,24)21-14-4-5-15-13(10-25-3)8-19(22)26-17(15)9-14/h4-9,21H,10H2,1-3H3. The first-order valence-electron chi connectivity index (χ1n) is 8.06. The molecule has 1 heterocycles. The number of benzene rings is 2. The van der Waals surface area contributed by atoms with Crippen LogP contribution in [0, 0.1) is 13.8 Å². The van der Waals surface area contributed by atoms with Crippen molar-refractivity contribution >= 4 is 38.3 Å². The molecule has 0 fully saturated rings. The molecule has 6 nitrogen and oxygen atoms in total. The Balaban J connectivity index is 2.04. The molecular formula is C19H18ClNO5S. The Labute approximate surface area is 161 Å². The zero-order valence-corrected chi connectivity index (χ0v) is 16.6. The Morgan fingerprint density at radius 1 is 1.11 bits per heavy atom. The van der Waals surface area contributed by atoms with Gasteiger partial charge >= 0.3 is 5.63 Å². The first-order chi connectivity index (χ1) is 12.7. The van der Waals surface area contributed by atoms with Crippen molar-refractivity contribution in [2.75, 3.05) is 11.8 Å². The number of methoxy groups -OCH3 is 1. The second-order valence-corrected chi connectivity index (χ2v) is 8.27. The molecule has 0 unspecified atom stereocenters. The van der Waals surface area contributed by atoms with Crippen molar-refractivity contribution in [1.82, 2.24) is 0 Å². The number of halogens is 1. The van der Waals surface area contributed by atoms with Crippen LogP contribution < -0.4 is 10.3 Å². The number of nitrogens with one attached hydrogen (secondary N) is 1. The molecule has 27 heavy (non-hydrogen) atoms. The highest BCUT2D eigenvalue weighted by atomic mass is 35.5. The molecule has 1 N–H and O–H groups in total. The summed E-state index contributed by atoms with van der Waals surface area (Å²) in [4.78, 5) is 11.9. The Morgan fingerprint density at radius 3 is 2.56 bits per heavy atom. The lowest BCUT2D eigenvalue weighted by Gasteiger charge is -2.13. The van der Waals surface area contributed by atoms with Crippen molar-refractivity contribution in [3.63, 3.8) is 0 Å². The van der Waals surface area contributed by atoms with E-state index in [2.05, 4.69) is 4.72 Å². The first-order valence-corrected chi connectivity index (χ1v) is 9.92. The summed E-state index contributed by atoms with van der Waals surface area (Å²) < 4.78 is 38.4. The minimum Gasteiger partial charge on any atom is -0.423 e. The van der Waals surface area contributed by atoms with Crippen LogP contribution in [-0.4, -0.2) is 15.5 Å². The molecule has 0 aliphatic carbocycles. The van der Waals surface area contributed by atoms with Crippen molar-refractivity contribution in [3.05, 3.63) is 68.5 Å². The second kappa shape index (κ2) is 7.34. The molecule has 0 atom stereocenters. The molecule has 0 aliphatic rings. The van der Waals surface area contributed by atoms with Crippen LogP contribution in [0.5, 0.6) is 0 Å². The van der Waals surface area contributed by atoms with E-state index in [4.69, 9.17) is 20.8 Å². The average Bonchev–Trinajstić information content (AvgIpc) is 2.57. The molecule has 142 valence electrons. The van der Waals surface area contributed by atoms with Crippen LogP contribution in [0.25, 0.3) is 11.0 Å². The maximum absolute atomic E-state index is 12.8. The summed E-state index contributed by atoms with van der Waals surface area (Å²) in [5.41, 5.74) is 1.90. The van der Waals surface area contributed by atoms with Crippen molar-refractivity contribution in [3.8, 4) is 0 Å². The van der Waals surface area contributed by atoms with Gasteiger partial charge in [0, 0.05) is 29.7 Å². The smallest absolute Gasteiger partial charge is 0.336 e. The van der Waals surface area contributed by atoms with E-state index in [0.717, 1.165) is 0 Å². The van der Waals surface area contributed by atoms with Gasteiger partial charge in [-0.1, -0.05) is 11.6 Å². The Kier molecular flexibility index (Phi) is 5.28. The number of aryl methyl sites for hydroxylation is 2. The van der Waals surface area contributed by atoms with Crippen LogP contribution in [0.4, 0.5) is 5.69 Å². The summed E-state index contributed by atoms with van der Waals surface area (Å²) >= 11 is 6.05. The fourth-order valence-corrected chi connectivity index (χ4v) is 4.40. The number of sulfonamides is 1. The maximum Gasteiger partial charge on any atom is 0.336 e. The highest BCUT2D eigenvalue weighted by Crippen LogP contribution is 2.27. The summed E-state index contributed by atoms with van der Waals surface area (Å²) in [6, 6.07) is 9.27. The van der Waals surface area contributed by atoms with Gasteiger partial charge in [-0.3, -0.25) is 4.72 Å². The van der Waals surface area contributed by atoms with Crippen LogP contribution in [0.3, 0.4) is 0 Å². The van der Waals surface area contributed by atoms with Crippen LogP contribution in [-0.2, 0) is 21.4 Å². The molecule has 8 heteroatoms. The zero-order chi connectivity index (χ0) is 19.8. The Hall–Kier alpha value is -2.35. The first kappa shape index (κ1) is 19.4. The minimum absolute atomic E-state index is 0.138. The van der Waals surface area contributed by atoms with Gasteiger partial charge in [0.25, 0.3) is 10.0 Å². The number of hydrogen-bond acceptors (Lipinski definition) is 5. The predicted octanol–water partition coefficient (Wildman–Crippen LogP) is 4.01. The van der Waals surface area contributed by atoms with Crippen LogP contribution in [0.2, 0.25) is 5.02 Å². The molecule has 2 aromatic carbocycles. The monoisotopic (exact) mass is 407 g/mol. The van der Waals surface area contributed by atoms with E-state index in [1.165, 1.54) is 25.3 Å². The van der Waals surface area contributed by atoms with Crippen LogP contribution >= 0.6 is 11.6 Å². The molecule has 0 spiro atoms. The number of ether oxygens (including phenoxy) is 1. The highest BCUT2D eigenvalue weighted by molar-refractivity contribution is 7.92. The highest BCUT2D eigenvalue weighted by Gasteiger charge is 2.19. The van der Waals surface area contributed by atoms with Crippen LogP contribution in [0.15, 0.2) is 50.5 Å². The summed E-state index contributed by atoms with van der Waals surface area (Å²) in [6.07, 6.45) is 0. The average molecular weight is 408 g/mol. The van der Waals surface area contributed by atoms with E-state index >= 15 is 0 Å².